The molecule has 3 N–H and O–H groups in total. The molecule has 0 radical (unpaired) electrons. The van der Waals surface area contributed by atoms with Crippen LogP contribution in [0.25, 0.3) is 0 Å². The third-order valence-corrected chi connectivity index (χ3v) is 5.80. The third-order valence-electron chi connectivity index (χ3n) is 5.80. The molecule has 0 spiro atoms. The predicted molar refractivity (Wildman–Crippen MR) is 108 cm³/mol. The zero-order valence-electron chi connectivity index (χ0n) is 16.6. The van der Waals surface area contributed by atoms with Crippen LogP contribution in [0.5, 0.6) is 0 Å². The largest absolute Gasteiger partial charge is 0.350 e. The van der Waals surface area contributed by atoms with E-state index in [2.05, 4.69) is 25.9 Å². The molecule has 5 rings (SSSR count). The average Bonchev–Trinajstić information content (AvgIpc) is 3.03. The molecular formula is C21H20N6O4. The first-order valence-electron chi connectivity index (χ1n) is 10.2. The molecule has 3 aliphatic rings. The van der Waals surface area contributed by atoms with Crippen molar-refractivity contribution in [1.29, 1.82) is 0 Å². The number of imide groups is 2. The van der Waals surface area contributed by atoms with E-state index < -0.39 is 29.7 Å². The van der Waals surface area contributed by atoms with E-state index in [9.17, 15) is 19.2 Å². The van der Waals surface area contributed by atoms with Crippen LogP contribution in [-0.4, -0.2) is 51.1 Å². The number of amides is 4. The van der Waals surface area contributed by atoms with Crippen LogP contribution in [0, 0.1) is 0 Å². The summed E-state index contributed by atoms with van der Waals surface area (Å²) in [5.41, 5.74) is 3.20. The Labute approximate surface area is 177 Å². The summed E-state index contributed by atoms with van der Waals surface area (Å²) in [6, 6.07) is 4.05. The number of carbonyl (C=O) groups excluding carboxylic acids is 4. The molecule has 3 aliphatic heterocycles. The van der Waals surface area contributed by atoms with Gasteiger partial charge in [-0.15, -0.1) is 0 Å². The average molecular weight is 420 g/mol. The van der Waals surface area contributed by atoms with Crippen molar-refractivity contribution in [3.05, 3.63) is 52.3 Å². The molecule has 158 valence electrons. The summed E-state index contributed by atoms with van der Waals surface area (Å²) in [5, 5.41) is 8.61. The van der Waals surface area contributed by atoms with E-state index in [1.807, 2.05) is 0 Å². The molecule has 4 amide bonds. The number of hydrogen-bond acceptors (Lipinski definition) is 8. The SMILES string of the molecule is O=C1CCC(N2C(=O)c3cccc(CNc4ncc5c(n4)CCNC5)c3C2=O)C(=O)N1. The predicted octanol–water partition coefficient (Wildman–Crippen LogP) is 0.136. The highest BCUT2D eigenvalue weighted by atomic mass is 16.2. The first-order valence-corrected chi connectivity index (χ1v) is 10.2. The van der Waals surface area contributed by atoms with E-state index in [-0.39, 0.29) is 30.5 Å². The van der Waals surface area contributed by atoms with Gasteiger partial charge in [0.15, 0.2) is 0 Å². The van der Waals surface area contributed by atoms with Crippen molar-refractivity contribution < 1.29 is 19.2 Å². The standard InChI is InChI=1S/C21H20N6O4/c28-16-5-4-15(18(29)26-16)27-19(30)13-3-1-2-11(17(13)20(27)31)9-23-21-24-10-12-8-22-7-6-14(12)25-21/h1-3,10,15,22H,4-9H2,(H,23,24,25)(H,26,28,29). The van der Waals surface area contributed by atoms with Crippen molar-refractivity contribution in [3.63, 3.8) is 0 Å². The second-order valence-corrected chi connectivity index (χ2v) is 7.73. The van der Waals surface area contributed by atoms with E-state index >= 15 is 0 Å². The van der Waals surface area contributed by atoms with Gasteiger partial charge in [0, 0.05) is 44.2 Å². The van der Waals surface area contributed by atoms with Gasteiger partial charge in [-0.05, 0) is 18.1 Å². The van der Waals surface area contributed by atoms with Crippen LogP contribution in [0.2, 0.25) is 0 Å². The topological polar surface area (TPSA) is 133 Å². The highest BCUT2D eigenvalue weighted by Gasteiger charge is 2.45. The molecule has 0 saturated carbocycles. The number of benzene rings is 1. The number of piperidine rings is 1. The van der Waals surface area contributed by atoms with Crippen LogP contribution < -0.4 is 16.0 Å². The molecule has 10 nitrogen and oxygen atoms in total. The molecule has 1 fully saturated rings. The molecule has 2 aromatic rings. The van der Waals surface area contributed by atoms with Crippen LogP contribution >= 0.6 is 0 Å². The van der Waals surface area contributed by atoms with Crippen LogP contribution in [0.3, 0.4) is 0 Å². The molecule has 1 atom stereocenters. The Balaban J connectivity index is 1.38. The van der Waals surface area contributed by atoms with E-state index in [0.29, 0.717) is 11.5 Å². The van der Waals surface area contributed by atoms with Crippen molar-refractivity contribution in [2.24, 2.45) is 0 Å². The Kier molecular flexibility index (Phi) is 4.70. The molecule has 1 aromatic heterocycles. The number of nitrogens with zero attached hydrogens (tertiary/aromatic N) is 3. The van der Waals surface area contributed by atoms with E-state index in [1.165, 1.54) is 0 Å². The van der Waals surface area contributed by atoms with Gasteiger partial charge in [0.05, 0.1) is 16.8 Å². The fourth-order valence-electron chi connectivity index (χ4n) is 4.23. The minimum atomic E-state index is -0.983. The highest BCUT2D eigenvalue weighted by Crippen LogP contribution is 2.30. The van der Waals surface area contributed by atoms with Crippen LogP contribution in [0.4, 0.5) is 5.95 Å². The number of carbonyl (C=O) groups is 4. The Morgan fingerprint density at radius 3 is 2.84 bits per heavy atom. The number of anilines is 1. The van der Waals surface area contributed by atoms with Crippen LogP contribution in [0.1, 0.15) is 50.4 Å². The maximum absolute atomic E-state index is 13.1. The fourth-order valence-corrected chi connectivity index (χ4v) is 4.23. The second kappa shape index (κ2) is 7.55. The van der Waals surface area contributed by atoms with E-state index in [1.54, 1.807) is 24.4 Å². The number of nitrogens with one attached hydrogen (secondary N) is 3. The summed E-state index contributed by atoms with van der Waals surface area (Å²) >= 11 is 0. The van der Waals surface area contributed by atoms with Gasteiger partial charge in [-0.1, -0.05) is 12.1 Å². The smallest absolute Gasteiger partial charge is 0.262 e. The van der Waals surface area contributed by atoms with Gasteiger partial charge in [-0.3, -0.25) is 29.4 Å². The summed E-state index contributed by atoms with van der Waals surface area (Å²) in [4.78, 5) is 59.6. The first kappa shape index (κ1) is 19.3. The van der Waals surface area contributed by atoms with Gasteiger partial charge in [0.2, 0.25) is 17.8 Å². The van der Waals surface area contributed by atoms with Crippen molar-refractivity contribution in [2.45, 2.75) is 38.4 Å². The number of hydrogen-bond donors (Lipinski definition) is 3. The summed E-state index contributed by atoms with van der Waals surface area (Å²) in [6.45, 7) is 1.86. The molecule has 1 unspecified atom stereocenters. The van der Waals surface area contributed by atoms with E-state index in [4.69, 9.17) is 0 Å². The third kappa shape index (κ3) is 3.34. The summed E-state index contributed by atoms with van der Waals surface area (Å²) < 4.78 is 0. The lowest BCUT2D eigenvalue weighted by molar-refractivity contribution is -0.136. The van der Waals surface area contributed by atoms with Crippen molar-refractivity contribution in [2.75, 3.05) is 11.9 Å². The van der Waals surface area contributed by atoms with E-state index in [0.717, 1.165) is 35.7 Å². The second-order valence-electron chi connectivity index (χ2n) is 7.73. The molecular weight excluding hydrogens is 400 g/mol. The highest BCUT2D eigenvalue weighted by molar-refractivity contribution is 6.24. The van der Waals surface area contributed by atoms with Gasteiger partial charge < -0.3 is 10.6 Å². The summed E-state index contributed by atoms with van der Waals surface area (Å²) in [5.74, 6) is -1.61. The molecule has 31 heavy (non-hydrogen) atoms. The normalized spacial score (nSPS) is 20.4. The number of fused-ring (bicyclic) bond motifs is 2. The van der Waals surface area contributed by atoms with Crippen molar-refractivity contribution in [1.82, 2.24) is 25.5 Å². The quantitative estimate of drug-likeness (QED) is 0.595. The van der Waals surface area contributed by atoms with Crippen molar-refractivity contribution in [3.8, 4) is 0 Å². The van der Waals surface area contributed by atoms with Crippen molar-refractivity contribution >= 4 is 29.6 Å². The zero-order chi connectivity index (χ0) is 21.5. The minimum absolute atomic E-state index is 0.0867. The van der Waals surface area contributed by atoms with Gasteiger partial charge in [0.1, 0.15) is 6.04 Å². The molecule has 1 saturated heterocycles. The Morgan fingerprint density at radius 1 is 1.13 bits per heavy atom. The maximum Gasteiger partial charge on any atom is 0.262 e. The lowest BCUT2D eigenvalue weighted by Crippen LogP contribution is -2.54. The lowest BCUT2D eigenvalue weighted by atomic mass is 10.0. The molecule has 10 heteroatoms. The monoisotopic (exact) mass is 420 g/mol. The molecule has 4 heterocycles. The number of aromatic nitrogens is 2. The van der Waals surface area contributed by atoms with Crippen LogP contribution in [0.15, 0.2) is 24.4 Å². The zero-order valence-corrected chi connectivity index (χ0v) is 16.6. The number of rotatable bonds is 4. The van der Waals surface area contributed by atoms with Gasteiger partial charge in [0.25, 0.3) is 11.8 Å². The van der Waals surface area contributed by atoms with Gasteiger partial charge in [-0.2, -0.15) is 0 Å². The van der Waals surface area contributed by atoms with Gasteiger partial charge >= 0.3 is 0 Å². The fraction of sp³-hybridized carbons (Fsp3) is 0.333. The summed E-state index contributed by atoms with van der Waals surface area (Å²) in [7, 11) is 0. The lowest BCUT2D eigenvalue weighted by Gasteiger charge is -2.27. The molecule has 0 aliphatic carbocycles. The molecule has 1 aromatic carbocycles. The summed E-state index contributed by atoms with van der Waals surface area (Å²) in [6.07, 6.45) is 2.82. The van der Waals surface area contributed by atoms with Crippen LogP contribution in [-0.2, 0) is 29.1 Å². The minimum Gasteiger partial charge on any atom is -0.350 e. The Bertz CT molecular complexity index is 1130. The Morgan fingerprint density at radius 2 is 2.00 bits per heavy atom. The van der Waals surface area contributed by atoms with Gasteiger partial charge in [-0.25, -0.2) is 9.97 Å². The Hall–Kier alpha value is -3.66. The molecule has 0 bridgehead atoms. The maximum atomic E-state index is 13.1. The first-order chi connectivity index (χ1) is 15.0.